The topological polar surface area (TPSA) is 0 Å². The molecule has 0 aliphatic rings. The molecule has 0 fully saturated rings. The summed E-state index contributed by atoms with van der Waals surface area (Å²) in [5, 5.41) is 0.872. The van der Waals surface area contributed by atoms with Crippen LogP contribution < -0.4 is 0 Å². The van der Waals surface area contributed by atoms with Gasteiger partial charge in [0.15, 0.2) is 0 Å². The molecule has 1 unspecified atom stereocenters. The maximum Gasteiger partial charge on any atom is 0.00160 e. The molecule has 0 aromatic carbocycles. The summed E-state index contributed by atoms with van der Waals surface area (Å²) >= 11 is 2.12. The highest BCUT2D eigenvalue weighted by Crippen LogP contribution is 2.15. The minimum atomic E-state index is 0.872. The summed E-state index contributed by atoms with van der Waals surface area (Å²) < 4.78 is 0. The first-order valence-corrected chi connectivity index (χ1v) is 5.47. The van der Waals surface area contributed by atoms with E-state index in [1.807, 2.05) is 0 Å². The van der Waals surface area contributed by atoms with Crippen molar-refractivity contribution in [3.63, 3.8) is 0 Å². The van der Waals surface area contributed by atoms with Gasteiger partial charge in [0, 0.05) is 5.25 Å². The SMILES string of the molecule is CCCCCSC(C)CC. The van der Waals surface area contributed by atoms with Gasteiger partial charge in [-0.15, -0.1) is 0 Å². The fourth-order valence-electron chi connectivity index (χ4n) is 0.754. The second-order valence-corrected chi connectivity index (χ2v) is 4.34. The van der Waals surface area contributed by atoms with Crippen LogP contribution in [0.25, 0.3) is 0 Å². The molecule has 62 valence electrons. The molecule has 0 amide bonds. The summed E-state index contributed by atoms with van der Waals surface area (Å²) in [6.07, 6.45) is 5.48. The monoisotopic (exact) mass is 160 g/mol. The molecule has 0 aliphatic carbocycles. The Morgan fingerprint density at radius 3 is 2.40 bits per heavy atom. The lowest BCUT2D eigenvalue weighted by atomic mass is 10.3. The van der Waals surface area contributed by atoms with Gasteiger partial charge in [-0.05, 0) is 18.6 Å². The van der Waals surface area contributed by atoms with Crippen LogP contribution in [0.1, 0.15) is 46.5 Å². The van der Waals surface area contributed by atoms with E-state index in [1.165, 1.54) is 31.4 Å². The Bertz CT molecular complexity index is 61.7. The third kappa shape index (κ3) is 6.47. The molecule has 0 saturated carbocycles. The number of hydrogen-bond donors (Lipinski definition) is 0. The van der Waals surface area contributed by atoms with Crippen molar-refractivity contribution in [1.29, 1.82) is 0 Å². The van der Waals surface area contributed by atoms with Crippen LogP contribution >= 0.6 is 11.8 Å². The van der Waals surface area contributed by atoms with Crippen molar-refractivity contribution < 1.29 is 0 Å². The van der Waals surface area contributed by atoms with Crippen LogP contribution in [0.5, 0.6) is 0 Å². The summed E-state index contributed by atoms with van der Waals surface area (Å²) in [5.41, 5.74) is 0. The molecule has 0 aliphatic heterocycles. The van der Waals surface area contributed by atoms with Gasteiger partial charge >= 0.3 is 0 Å². The quantitative estimate of drug-likeness (QED) is 0.534. The van der Waals surface area contributed by atoms with E-state index in [1.54, 1.807) is 0 Å². The maximum absolute atomic E-state index is 2.32. The van der Waals surface area contributed by atoms with Crippen molar-refractivity contribution in [2.24, 2.45) is 0 Å². The molecule has 0 aromatic rings. The zero-order chi connectivity index (χ0) is 7.82. The standard InChI is InChI=1S/C9H20S/c1-4-6-7-8-10-9(3)5-2/h9H,4-8H2,1-3H3. The summed E-state index contributed by atoms with van der Waals surface area (Å²) in [5.74, 6) is 1.36. The lowest BCUT2D eigenvalue weighted by Crippen LogP contribution is -1.94. The Labute approximate surface area is 69.8 Å². The molecule has 0 nitrogen and oxygen atoms in total. The van der Waals surface area contributed by atoms with Crippen molar-refractivity contribution in [3.8, 4) is 0 Å². The lowest BCUT2D eigenvalue weighted by Gasteiger charge is -2.06. The Balaban J connectivity index is 2.89. The Morgan fingerprint density at radius 2 is 1.90 bits per heavy atom. The van der Waals surface area contributed by atoms with Gasteiger partial charge in [0.05, 0.1) is 0 Å². The van der Waals surface area contributed by atoms with Crippen molar-refractivity contribution in [2.75, 3.05) is 5.75 Å². The van der Waals surface area contributed by atoms with Crippen LogP contribution in [0.2, 0.25) is 0 Å². The third-order valence-corrected chi connectivity index (χ3v) is 3.15. The van der Waals surface area contributed by atoms with Gasteiger partial charge in [-0.1, -0.05) is 33.6 Å². The predicted molar refractivity (Wildman–Crippen MR) is 51.7 cm³/mol. The molecule has 1 heteroatoms. The summed E-state index contributed by atoms with van der Waals surface area (Å²) in [6.45, 7) is 6.84. The van der Waals surface area contributed by atoms with Crippen molar-refractivity contribution in [1.82, 2.24) is 0 Å². The van der Waals surface area contributed by atoms with Crippen LogP contribution in [0, 0.1) is 0 Å². The average molecular weight is 160 g/mol. The molecular formula is C9H20S. The van der Waals surface area contributed by atoms with E-state index >= 15 is 0 Å². The fraction of sp³-hybridized carbons (Fsp3) is 1.00. The van der Waals surface area contributed by atoms with Gasteiger partial charge in [-0.2, -0.15) is 11.8 Å². The first kappa shape index (κ1) is 10.3. The summed E-state index contributed by atoms with van der Waals surface area (Å²) in [4.78, 5) is 0. The highest BCUT2D eigenvalue weighted by atomic mass is 32.2. The Morgan fingerprint density at radius 1 is 1.20 bits per heavy atom. The molecule has 0 spiro atoms. The van der Waals surface area contributed by atoms with E-state index in [2.05, 4.69) is 32.5 Å². The van der Waals surface area contributed by atoms with E-state index < -0.39 is 0 Å². The second-order valence-electron chi connectivity index (χ2n) is 2.80. The predicted octanol–water partition coefficient (Wildman–Crippen LogP) is 3.71. The number of thioether (sulfide) groups is 1. The maximum atomic E-state index is 2.32. The summed E-state index contributed by atoms with van der Waals surface area (Å²) in [6, 6.07) is 0. The zero-order valence-corrected chi connectivity index (χ0v) is 8.34. The molecule has 0 rings (SSSR count). The highest BCUT2D eigenvalue weighted by Gasteiger charge is 1.96. The number of hydrogen-bond acceptors (Lipinski definition) is 1. The molecule has 10 heavy (non-hydrogen) atoms. The molecule has 0 bridgehead atoms. The lowest BCUT2D eigenvalue weighted by molar-refractivity contribution is 0.775. The van der Waals surface area contributed by atoms with E-state index in [9.17, 15) is 0 Å². The van der Waals surface area contributed by atoms with Crippen LogP contribution in [-0.4, -0.2) is 11.0 Å². The molecule has 0 N–H and O–H groups in total. The van der Waals surface area contributed by atoms with Gasteiger partial charge in [-0.3, -0.25) is 0 Å². The molecule has 0 aromatic heterocycles. The van der Waals surface area contributed by atoms with Crippen LogP contribution in [-0.2, 0) is 0 Å². The molecule has 0 heterocycles. The summed E-state index contributed by atoms with van der Waals surface area (Å²) in [7, 11) is 0. The highest BCUT2D eigenvalue weighted by molar-refractivity contribution is 7.99. The van der Waals surface area contributed by atoms with Gasteiger partial charge in [0.25, 0.3) is 0 Å². The smallest absolute Gasteiger partial charge is 0.00160 e. The van der Waals surface area contributed by atoms with Crippen LogP contribution in [0.4, 0.5) is 0 Å². The minimum Gasteiger partial charge on any atom is -0.159 e. The Kier molecular flexibility index (Phi) is 7.72. The Hall–Kier alpha value is 0.350. The zero-order valence-electron chi connectivity index (χ0n) is 7.52. The molecule has 0 saturated heterocycles. The number of unbranched alkanes of at least 4 members (excludes halogenated alkanes) is 2. The first-order chi connectivity index (χ1) is 4.81. The minimum absolute atomic E-state index is 0.872. The van der Waals surface area contributed by atoms with Gasteiger partial charge in [0.1, 0.15) is 0 Å². The van der Waals surface area contributed by atoms with Crippen molar-refractivity contribution in [3.05, 3.63) is 0 Å². The van der Waals surface area contributed by atoms with Gasteiger partial charge in [-0.25, -0.2) is 0 Å². The van der Waals surface area contributed by atoms with Crippen LogP contribution in [0.15, 0.2) is 0 Å². The molecule has 0 radical (unpaired) electrons. The van der Waals surface area contributed by atoms with Crippen molar-refractivity contribution >= 4 is 11.8 Å². The van der Waals surface area contributed by atoms with Crippen molar-refractivity contribution in [2.45, 2.75) is 51.7 Å². The number of rotatable bonds is 6. The van der Waals surface area contributed by atoms with E-state index in [-0.39, 0.29) is 0 Å². The largest absolute Gasteiger partial charge is 0.159 e. The first-order valence-electron chi connectivity index (χ1n) is 4.42. The molecule has 1 atom stereocenters. The average Bonchev–Trinajstić information content (AvgIpc) is 1.98. The van der Waals surface area contributed by atoms with Gasteiger partial charge in [0.2, 0.25) is 0 Å². The van der Waals surface area contributed by atoms with Gasteiger partial charge < -0.3 is 0 Å². The van der Waals surface area contributed by atoms with E-state index in [4.69, 9.17) is 0 Å². The molecular weight excluding hydrogens is 140 g/mol. The second kappa shape index (κ2) is 7.46. The normalized spacial score (nSPS) is 13.5. The van der Waals surface area contributed by atoms with E-state index in [0.717, 1.165) is 5.25 Å². The van der Waals surface area contributed by atoms with E-state index in [0.29, 0.717) is 0 Å². The van der Waals surface area contributed by atoms with Crippen LogP contribution in [0.3, 0.4) is 0 Å². The fourth-order valence-corrected chi connectivity index (χ4v) is 1.76. The third-order valence-electron chi connectivity index (χ3n) is 1.73.